The number of hydrogen-bond acceptors (Lipinski definition) is 1. The van der Waals surface area contributed by atoms with E-state index in [0.717, 1.165) is 12.8 Å². The largest absolute Gasteiger partial charge is 0.198 e. The molecule has 1 radical (unpaired) electrons. The summed E-state index contributed by atoms with van der Waals surface area (Å²) in [5.74, 6) is 0.181. The minimum Gasteiger partial charge on any atom is -0.198 e. The summed E-state index contributed by atoms with van der Waals surface area (Å²) in [6.45, 7) is 0. The molecule has 1 unspecified atom stereocenters. The van der Waals surface area contributed by atoms with E-state index in [1.165, 1.54) is 0 Å². The minimum atomic E-state index is 0.181. The minimum absolute atomic E-state index is 0.181. The summed E-state index contributed by atoms with van der Waals surface area (Å²) in [5, 5.41) is 8.38. The van der Waals surface area contributed by atoms with Crippen molar-refractivity contribution in [1.82, 2.24) is 0 Å². The Morgan fingerprint density at radius 3 is 2.88 bits per heavy atom. The lowest BCUT2D eigenvalue weighted by Crippen LogP contribution is -1.96. The van der Waals surface area contributed by atoms with Crippen molar-refractivity contribution in [3.05, 3.63) is 18.6 Å². The highest BCUT2D eigenvalue weighted by Crippen LogP contribution is 2.14. The van der Waals surface area contributed by atoms with Crippen LogP contribution in [0.4, 0.5) is 0 Å². The van der Waals surface area contributed by atoms with Gasteiger partial charge < -0.3 is 0 Å². The van der Waals surface area contributed by atoms with Crippen molar-refractivity contribution in [2.45, 2.75) is 12.8 Å². The van der Waals surface area contributed by atoms with Crippen molar-refractivity contribution in [3.63, 3.8) is 0 Å². The van der Waals surface area contributed by atoms with E-state index in [1.54, 1.807) is 0 Å². The van der Waals surface area contributed by atoms with E-state index in [-0.39, 0.29) is 5.92 Å². The molecular formula is C7H8N. The van der Waals surface area contributed by atoms with E-state index in [4.69, 9.17) is 5.26 Å². The highest BCUT2D eigenvalue weighted by molar-refractivity contribution is 5.09. The second kappa shape index (κ2) is 2.52. The third-order valence-electron chi connectivity index (χ3n) is 1.29. The maximum atomic E-state index is 8.38. The summed E-state index contributed by atoms with van der Waals surface area (Å²) in [6.07, 6.45) is 8.08. The van der Waals surface area contributed by atoms with Gasteiger partial charge in [-0.1, -0.05) is 12.2 Å². The van der Waals surface area contributed by atoms with Crippen LogP contribution in [0.5, 0.6) is 0 Å². The number of nitrogens with zero attached hydrogens (tertiary/aromatic N) is 1. The average Bonchev–Trinajstić information content (AvgIpc) is 1.90. The molecule has 1 atom stereocenters. The number of nitriles is 1. The molecule has 0 N–H and O–H groups in total. The van der Waals surface area contributed by atoms with Crippen LogP contribution < -0.4 is 0 Å². The number of rotatable bonds is 0. The van der Waals surface area contributed by atoms with Gasteiger partial charge in [0.05, 0.1) is 12.0 Å². The normalized spacial score (nSPS) is 27.1. The first-order valence-corrected chi connectivity index (χ1v) is 2.83. The Morgan fingerprint density at radius 1 is 1.62 bits per heavy atom. The zero-order chi connectivity index (χ0) is 5.82. The van der Waals surface area contributed by atoms with Crippen molar-refractivity contribution in [3.8, 4) is 6.07 Å². The van der Waals surface area contributed by atoms with Crippen molar-refractivity contribution in [2.75, 3.05) is 0 Å². The first kappa shape index (κ1) is 5.37. The Labute approximate surface area is 49.6 Å². The summed E-state index contributed by atoms with van der Waals surface area (Å²) in [4.78, 5) is 0. The summed E-state index contributed by atoms with van der Waals surface area (Å²) in [6, 6.07) is 2.20. The van der Waals surface area contributed by atoms with E-state index < -0.39 is 0 Å². The molecule has 0 heterocycles. The second-order valence-corrected chi connectivity index (χ2v) is 1.93. The molecule has 1 heteroatoms. The van der Waals surface area contributed by atoms with Gasteiger partial charge in [-0.2, -0.15) is 5.26 Å². The van der Waals surface area contributed by atoms with Gasteiger partial charge in [-0.25, -0.2) is 0 Å². The van der Waals surface area contributed by atoms with Crippen LogP contribution in [0.15, 0.2) is 12.2 Å². The van der Waals surface area contributed by atoms with Gasteiger partial charge >= 0.3 is 0 Å². The van der Waals surface area contributed by atoms with Crippen LogP contribution >= 0.6 is 0 Å². The highest BCUT2D eigenvalue weighted by Gasteiger charge is 2.04. The molecule has 41 valence electrons. The third kappa shape index (κ3) is 1.10. The smallest absolute Gasteiger partial charge is 0.0697 e. The van der Waals surface area contributed by atoms with Gasteiger partial charge in [-0.3, -0.25) is 0 Å². The highest BCUT2D eigenvalue weighted by atomic mass is 14.3. The topological polar surface area (TPSA) is 23.8 Å². The first-order valence-electron chi connectivity index (χ1n) is 2.83. The van der Waals surface area contributed by atoms with Gasteiger partial charge in [-0.15, -0.1) is 0 Å². The molecule has 0 aromatic carbocycles. The molecule has 8 heavy (non-hydrogen) atoms. The lowest BCUT2D eigenvalue weighted by atomic mass is 9.98. The van der Waals surface area contributed by atoms with Crippen molar-refractivity contribution in [2.24, 2.45) is 5.92 Å². The number of allylic oxidation sites excluding steroid dienone is 2. The molecule has 1 nitrogen and oxygen atoms in total. The predicted octanol–water partition coefficient (Wildman–Crippen LogP) is 1.68. The molecule has 0 aromatic heterocycles. The lowest BCUT2D eigenvalue weighted by Gasteiger charge is -2.05. The van der Waals surface area contributed by atoms with E-state index in [1.807, 2.05) is 12.2 Å². The van der Waals surface area contributed by atoms with Crippen LogP contribution in [0.25, 0.3) is 0 Å². The maximum absolute atomic E-state index is 8.38. The fourth-order valence-corrected chi connectivity index (χ4v) is 0.789. The van der Waals surface area contributed by atoms with Gasteiger partial charge in [-0.05, 0) is 19.3 Å². The van der Waals surface area contributed by atoms with E-state index in [9.17, 15) is 0 Å². The Kier molecular flexibility index (Phi) is 1.69. The van der Waals surface area contributed by atoms with Gasteiger partial charge in [0.1, 0.15) is 0 Å². The SMILES string of the molecule is N#CC1C=C[CH]CC1. The fourth-order valence-electron chi connectivity index (χ4n) is 0.789. The van der Waals surface area contributed by atoms with Crippen molar-refractivity contribution in [1.29, 1.82) is 5.26 Å². The molecule has 0 saturated heterocycles. The summed E-state index contributed by atoms with van der Waals surface area (Å²) < 4.78 is 0. The predicted molar refractivity (Wildman–Crippen MR) is 31.8 cm³/mol. The lowest BCUT2D eigenvalue weighted by molar-refractivity contribution is 0.698. The van der Waals surface area contributed by atoms with E-state index in [0.29, 0.717) is 0 Å². The standard InChI is InChI=1S/C7H8N/c8-6-7-4-2-1-3-5-7/h1-2,4,7H,3,5H2. The zero-order valence-electron chi connectivity index (χ0n) is 4.67. The fraction of sp³-hybridized carbons (Fsp3) is 0.429. The third-order valence-corrected chi connectivity index (χ3v) is 1.29. The Balaban J connectivity index is 2.46. The van der Waals surface area contributed by atoms with Gasteiger partial charge in [0.25, 0.3) is 0 Å². The summed E-state index contributed by atoms with van der Waals surface area (Å²) in [5.41, 5.74) is 0. The summed E-state index contributed by atoms with van der Waals surface area (Å²) in [7, 11) is 0. The Bertz CT molecular complexity index is 130. The van der Waals surface area contributed by atoms with E-state index in [2.05, 4.69) is 12.5 Å². The van der Waals surface area contributed by atoms with Crippen LogP contribution in [0.3, 0.4) is 0 Å². The molecule has 0 fully saturated rings. The van der Waals surface area contributed by atoms with Gasteiger partial charge in [0.15, 0.2) is 0 Å². The second-order valence-electron chi connectivity index (χ2n) is 1.93. The van der Waals surface area contributed by atoms with Crippen LogP contribution in [-0.2, 0) is 0 Å². The molecule has 1 aliphatic carbocycles. The average molecular weight is 106 g/mol. The van der Waals surface area contributed by atoms with Gasteiger partial charge in [0, 0.05) is 0 Å². The summed E-state index contributed by atoms with van der Waals surface area (Å²) >= 11 is 0. The molecule has 0 aromatic rings. The number of hydrogen-bond donors (Lipinski definition) is 0. The van der Waals surface area contributed by atoms with Crippen LogP contribution in [0, 0.1) is 23.7 Å². The Hall–Kier alpha value is -0.770. The Morgan fingerprint density at radius 2 is 2.50 bits per heavy atom. The van der Waals surface area contributed by atoms with Crippen LogP contribution in [0.2, 0.25) is 0 Å². The molecule has 0 amide bonds. The quantitative estimate of drug-likeness (QED) is 0.461. The molecule has 1 aliphatic rings. The maximum Gasteiger partial charge on any atom is 0.0697 e. The monoisotopic (exact) mass is 106 g/mol. The zero-order valence-corrected chi connectivity index (χ0v) is 4.67. The molecule has 0 bridgehead atoms. The molecule has 1 rings (SSSR count). The molecule has 0 aliphatic heterocycles. The van der Waals surface area contributed by atoms with Crippen molar-refractivity contribution < 1.29 is 0 Å². The first-order chi connectivity index (χ1) is 3.93. The van der Waals surface area contributed by atoms with Crippen molar-refractivity contribution >= 4 is 0 Å². The van der Waals surface area contributed by atoms with Crippen LogP contribution in [-0.4, -0.2) is 0 Å². The molecule has 0 spiro atoms. The van der Waals surface area contributed by atoms with E-state index >= 15 is 0 Å². The molecule has 0 saturated carbocycles. The van der Waals surface area contributed by atoms with Crippen LogP contribution in [0.1, 0.15) is 12.8 Å². The molecular weight excluding hydrogens is 98.1 g/mol. The van der Waals surface area contributed by atoms with Gasteiger partial charge in [0.2, 0.25) is 0 Å².